The van der Waals surface area contributed by atoms with E-state index in [9.17, 15) is 9.59 Å². The van der Waals surface area contributed by atoms with E-state index in [-0.39, 0.29) is 5.78 Å². The second-order valence-electron chi connectivity index (χ2n) is 7.02. The van der Waals surface area contributed by atoms with Gasteiger partial charge in [0.15, 0.2) is 11.1 Å². The van der Waals surface area contributed by atoms with Gasteiger partial charge in [0.05, 0.1) is 11.4 Å². The van der Waals surface area contributed by atoms with Crippen LogP contribution in [0.25, 0.3) is 21.9 Å². The van der Waals surface area contributed by atoms with Gasteiger partial charge in [-0.15, -0.1) is 11.3 Å². The fourth-order valence-electron chi connectivity index (χ4n) is 3.49. The van der Waals surface area contributed by atoms with Gasteiger partial charge in [0.25, 0.3) is 0 Å². The fourth-order valence-corrected chi connectivity index (χ4v) is 4.37. The van der Waals surface area contributed by atoms with Crippen LogP contribution in [0.4, 0.5) is 0 Å². The Morgan fingerprint density at radius 1 is 1.24 bits per heavy atom. The zero-order chi connectivity index (χ0) is 20.7. The third kappa shape index (κ3) is 3.49. The van der Waals surface area contributed by atoms with Crippen LogP contribution >= 0.6 is 11.3 Å². The predicted octanol–water partition coefficient (Wildman–Crippen LogP) is 4.63. The molecule has 0 spiro atoms. The van der Waals surface area contributed by atoms with Crippen LogP contribution in [0, 0.1) is 20.8 Å². The fraction of sp³-hybridized carbons (Fsp3) is 0.227. The van der Waals surface area contributed by atoms with Crippen LogP contribution in [0.15, 0.2) is 36.5 Å². The van der Waals surface area contributed by atoms with Crippen molar-refractivity contribution in [2.75, 3.05) is 0 Å². The number of rotatable bonds is 5. The molecule has 4 rings (SSSR count). The number of Topliss-reactive ketones (excluding diaryl/α,β-unsaturated/α-hetero) is 1. The topological polar surface area (TPSA) is 76.5 Å². The van der Waals surface area contributed by atoms with Crippen molar-refractivity contribution in [2.45, 2.75) is 33.8 Å². The first-order valence-electron chi connectivity index (χ1n) is 9.30. The van der Waals surface area contributed by atoms with Crippen molar-refractivity contribution in [3.63, 3.8) is 0 Å². The number of fused-ring (bicyclic) bond motifs is 2. The number of carbonyl (C=O) groups excluding carboxylic acids is 2. The van der Waals surface area contributed by atoms with Crippen LogP contribution in [-0.2, 0) is 9.53 Å². The van der Waals surface area contributed by atoms with Crippen molar-refractivity contribution >= 4 is 45.0 Å². The Bertz CT molecular complexity index is 1280. The lowest BCUT2D eigenvalue weighted by atomic mass is 10.0. The summed E-state index contributed by atoms with van der Waals surface area (Å²) >= 11 is 1.59. The number of imidazole rings is 1. The Morgan fingerprint density at radius 2 is 2.00 bits per heavy atom. The molecule has 4 aromatic rings. The highest BCUT2D eigenvalue weighted by atomic mass is 32.1. The summed E-state index contributed by atoms with van der Waals surface area (Å²) in [6.45, 7) is 7.35. The van der Waals surface area contributed by atoms with E-state index in [1.54, 1.807) is 24.3 Å². The molecule has 7 heteroatoms. The minimum absolute atomic E-state index is 0.224. The number of hydrogen-bond donors (Lipinski definition) is 1. The molecule has 3 heterocycles. The monoisotopic (exact) mass is 407 g/mol. The number of aromatic nitrogens is 3. The number of hydrogen-bond acceptors (Lipinski definition) is 5. The second-order valence-corrected chi connectivity index (χ2v) is 8.24. The maximum Gasteiger partial charge on any atom is 0.331 e. The molecule has 0 saturated carbocycles. The molecule has 148 valence electrons. The van der Waals surface area contributed by atoms with Gasteiger partial charge in [-0.05, 0) is 39.8 Å². The number of esters is 1. The Kier molecular flexibility index (Phi) is 4.84. The van der Waals surface area contributed by atoms with Gasteiger partial charge < -0.3 is 9.72 Å². The van der Waals surface area contributed by atoms with Crippen LogP contribution in [0.3, 0.4) is 0 Å². The number of para-hydroxylation sites is 1. The first-order chi connectivity index (χ1) is 13.8. The molecule has 0 fully saturated rings. The Morgan fingerprint density at radius 3 is 2.79 bits per heavy atom. The van der Waals surface area contributed by atoms with E-state index in [1.807, 2.05) is 55.6 Å². The summed E-state index contributed by atoms with van der Waals surface area (Å²) in [6.07, 6.45) is 4.12. The normalized spacial score (nSPS) is 12.8. The van der Waals surface area contributed by atoms with Crippen molar-refractivity contribution in [2.24, 2.45) is 0 Å². The maximum absolute atomic E-state index is 12.9. The van der Waals surface area contributed by atoms with Crippen molar-refractivity contribution in [1.29, 1.82) is 0 Å². The largest absolute Gasteiger partial charge is 0.451 e. The van der Waals surface area contributed by atoms with E-state index >= 15 is 0 Å². The molecule has 6 nitrogen and oxygen atoms in total. The van der Waals surface area contributed by atoms with Crippen LogP contribution in [0.5, 0.6) is 0 Å². The molecule has 1 aromatic carbocycles. The van der Waals surface area contributed by atoms with Gasteiger partial charge in [0.1, 0.15) is 0 Å². The van der Waals surface area contributed by atoms with Crippen molar-refractivity contribution < 1.29 is 14.3 Å². The lowest BCUT2D eigenvalue weighted by Crippen LogP contribution is -2.24. The van der Waals surface area contributed by atoms with Crippen molar-refractivity contribution in [3.8, 4) is 0 Å². The first kappa shape index (κ1) is 19.1. The molecule has 0 aliphatic carbocycles. The van der Waals surface area contributed by atoms with Gasteiger partial charge in [-0.2, -0.15) is 0 Å². The number of H-pyrrole nitrogens is 1. The molecule has 1 unspecified atom stereocenters. The smallest absolute Gasteiger partial charge is 0.331 e. The minimum atomic E-state index is -0.889. The van der Waals surface area contributed by atoms with Crippen LogP contribution in [0.2, 0.25) is 0 Å². The number of nitrogens with zero attached hydrogens (tertiary/aromatic N) is 2. The maximum atomic E-state index is 12.9. The number of ketones is 1. The number of ether oxygens (including phenoxy) is 1. The van der Waals surface area contributed by atoms with Gasteiger partial charge in [-0.1, -0.05) is 18.2 Å². The molecule has 0 saturated heterocycles. The molecule has 29 heavy (non-hydrogen) atoms. The van der Waals surface area contributed by atoms with Crippen LogP contribution < -0.4 is 0 Å². The molecule has 1 atom stereocenters. The lowest BCUT2D eigenvalue weighted by Gasteiger charge is -2.11. The Balaban J connectivity index is 1.51. The molecule has 1 N–H and O–H groups in total. The number of benzene rings is 1. The van der Waals surface area contributed by atoms with E-state index in [0.717, 1.165) is 37.8 Å². The van der Waals surface area contributed by atoms with Gasteiger partial charge in [-0.3, -0.25) is 9.20 Å². The summed E-state index contributed by atoms with van der Waals surface area (Å²) in [6, 6.07) is 7.59. The minimum Gasteiger partial charge on any atom is -0.451 e. The Labute approximate surface area is 171 Å². The zero-order valence-electron chi connectivity index (χ0n) is 16.6. The Hall–Kier alpha value is -3.19. The number of aryl methyl sites for hydroxylation is 3. The summed E-state index contributed by atoms with van der Waals surface area (Å²) < 4.78 is 7.33. The van der Waals surface area contributed by atoms with Crippen molar-refractivity contribution in [3.05, 3.63) is 64.1 Å². The molecule has 0 bridgehead atoms. The SMILES string of the molecule is Cc1cn2c(/C=C/C(=O)OC(C)C(=O)c3c(C)[nH]c4ccccc34)c(C)nc2s1. The highest BCUT2D eigenvalue weighted by molar-refractivity contribution is 7.17. The molecule has 0 aliphatic heterocycles. The average Bonchev–Trinajstić information content (AvgIpc) is 3.28. The summed E-state index contributed by atoms with van der Waals surface area (Å²) in [4.78, 5) is 34.9. The highest BCUT2D eigenvalue weighted by Gasteiger charge is 2.23. The highest BCUT2D eigenvalue weighted by Crippen LogP contribution is 2.24. The van der Waals surface area contributed by atoms with Gasteiger partial charge >= 0.3 is 5.97 Å². The van der Waals surface area contributed by atoms with E-state index in [2.05, 4.69) is 9.97 Å². The summed E-state index contributed by atoms with van der Waals surface area (Å²) in [5.74, 6) is -0.789. The van der Waals surface area contributed by atoms with Gasteiger partial charge in [-0.25, -0.2) is 9.78 Å². The molecule has 3 aromatic heterocycles. The number of carbonyl (C=O) groups is 2. The quantitative estimate of drug-likeness (QED) is 0.297. The summed E-state index contributed by atoms with van der Waals surface area (Å²) in [7, 11) is 0. The van der Waals surface area contributed by atoms with E-state index in [0.29, 0.717) is 5.56 Å². The number of nitrogens with one attached hydrogen (secondary N) is 1. The third-order valence-electron chi connectivity index (χ3n) is 4.84. The standard InChI is InChI=1S/C22H21N3O3S/c1-12-11-25-18(13(2)24-22(25)29-12)9-10-19(26)28-15(4)21(27)20-14(3)23-17-8-6-5-7-16(17)20/h5-11,15,23H,1-4H3/b10-9+. The van der Waals surface area contributed by atoms with E-state index < -0.39 is 12.1 Å². The molecular formula is C22H21N3O3S. The number of thiazole rings is 1. The van der Waals surface area contributed by atoms with Crippen molar-refractivity contribution in [1.82, 2.24) is 14.4 Å². The zero-order valence-corrected chi connectivity index (χ0v) is 17.5. The summed E-state index contributed by atoms with van der Waals surface area (Å²) in [5.41, 5.74) is 3.87. The summed E-state index contributed by atoms with van der Waals surface area (Å²) in [5, 5.41) is 0.832. The number of aromatic amines is 1. The first-order valence-corrected chi connectivity index (χ1v) is 10.1. The van der Waals surface area contributed by atoms with E-state index in [4.69, 9.17) is 4.74 Å². The average molecular weight is 407 g/mol. The molecular weight excluding hydrogens is 386 g/mol. The van der Waals surface area contributed by atoms with Gasteiger partial charge in [0, 0.05) is 39.3 Å². The second kappa shape index (κ2) is 7.33. The van der Waals surface area contributed by atoms with Crippen LogP contribution in [0.1, 0.15) is 39.2 Å². The van der Waals surface area contributed by atoms with E-state index in [1.165, 1.54) is 6.08 Å². The predicted molar refractivity (Wildman–Crippen MR) is 114 cm³/mol. The van der Waals surface area contributed by atoms with Gasteiger partial charge in [0.2, 0.25) is 5.78 Å². The molecule has 0 aliphatic rings. The van der Waals surface area contributed by atoms with Crippen LogP contribution in [-0.4, -0.2) is 32.2 Å². The molecule has 0 amide bonds. The molecule has 0 radical (unpaired) electrons. The lowest BCUT2D eigenvalue weighted by molar-refractivity contribution is -0.140. The third-order valence-corrected chi connectivity index (χ3v) is 5.74.